The fraction of sp³-hybridized carbons (Fsp3) is 0.167. The van der Waals surface area contributed by atoms with Crippen LogP contribution in [0.2, 0.25) is 0 Å². The van der Waals surface area contributed by atoms with Crippen molar-refractivity contribution in [1.82, 2.24) is 0 Å². The normalized spacial score (nSPS) is 13.1. The average Bonchev–Trinajstić information content (AvgIpc) is 3.37. The predicted octanol–water partition coefficient (Wildman–Crippen LogP) is 5.63. The number of rotatable bonds is 7. The molecule has 38 heavy (non-hydrogen) atoms. The number of carbonyl (C=O) groups excluding carboxylic acids is 3. The van der Waals surface area contributed by atoms with Crippen LogP contribution in [0.5, 0.6) is 0 Å². The molecule has 1 aliphatic heterocycles. The molecule has 5 rings (SSSR count). The third-order valence-corrected chi connectivity index (χ3v) is 7.34. The van der Waals surface area contributed by atoms with Crippen molar-refractivity contribution in [3.8, 4) is 0 Å². The van der Waals surface area contributed by atoms with E-state index in [4.69, 9.17) is 4.74 Å². The Labute approximate surface area is 225 Å². The summed E-state index contributed by atoms with van der Waals surface area (Å²) in [6.45, 7) is 5.03. The summed E-state index contributed by atoms with van der Waals surface area (Å²) >= 11 is 1.47. The lowest BCUT2D eigenvalue weighted by Gasteiger charge is -2.28. The number of ketones is 1. The standard InChI is InChI=1S/C30H27N3O4S/c1-20-14-19-38-30(20)32-29(36)23-4-2-21(3-5-23)27(34)22-6-10-25(11-7-22)31-28(35)24-8-12-26(13-9-24)33-15-17-37-18-16-33/h2-14,19H,15-18H2,1H3,(H,31,35)(H,32,36). The Balaban J connectivity index is 1.18. The fourth-order valence-corrected chi connectivity index (χ4v) is 4.98. The van der Waals surface area contributed by atoms with E-state index in [0.717, 1.165) is 29.3 Å². The Morgan fingerprint density at radius 2 is 1.24 bits per heavy atom. The third-order valence-electron chi connectivity index (χ3n) is 6.41. The summed E-state index contributed by atoms with van der Waals surface area (Å²) < 4.78 is 5.39. The van der Waals surface area contributed by atoms with Crippen LogP contribution >= 0.6 is 11.3 Å². The van der Waals surface area contributed by atoms with Crippen LogP contribution in [0.3, 0.4) is 0 Å². The smallest absolute Gasteiger partial charge is 0.256 e. The molecular weight excluding hydrogens is 498 g/mol. The first-order valence-electron chi connectivity index (χ1n) is 12.3. The Kier molecular flexibility index (Phi) is 7.62. The lowest BCUT2D eigenvalue weighted by molar-refractivity contribution is 0.101. The summed E-state index contributed by atoms with van der Waals surface area (Å²) in [7, 11) is 0. The summed E-state index contributed by atoms with van der Waals surface area (Å²) in [5.41, 5.74) is 4.68. The van der Waals surface area contributed by atoms with Crippen LogP contribution in [0.25, 0.3) is 0 Å². The predicted molar refractivity (Wildman–Crippen MR) is 151 cm³/mol. The average molecular weight is 526 g/mol. The van der Waals surface area contributed by atoms with Gasteiger partial charge in [0.25, 0.3) is 11.8 Å². The van der Waals surface area contributed by atoms with E-state index in [2.05, 4.69) is 15.5 Å². The number of anilines is 3. The molecule has 0 radical (unpaired) electrons. The molecule has 1 saturated heterocycles. The molecule has 2 N–H and O–H groups in total. The second kappa shape index (κ2) is 11.4. The number of nitrogens with one attached hydrogen (secondary N) is 2. The topological polar surface area (TPSA) is 87.7 Å². The quantitative estimate of drug-likeness (QED) is 0.306. The van der Waals surface area contributed by atoms with Crippen molar-refractivity contribution in [2.45, 2.75) is 6.92 Å². The van der Waals surface area contributed by atoms with E-state index >= 15 is 0 Å². The molecule has 0 atom stereocenters. The minimum absolute atomic E-state index is 0.164. The number of carbonyl (C=O) groups is 3. The number of ether oxygens (including phenoxy) is 1. The molecule has 7 nitrogen and oxygen atoms in total. The molecule has 0 unspecified atom stereocenters. The minimum atomic E-state index is -0.218. The molecule has 0 bridgehead atoms. The Morgan fingerprint density at radius 1 is 0.711 bits per heavy atom. The highest BCUT2D eigenvalue weighted by Crippen LogP contribution is 2.23. The largest absolute Gasteiger partial charge is 0.378 e. The molecule has 1 fully saturated rings. The van der Waals surface area contributed by atoms with Crippen molar-refractivity contribution in [2.75, 3.05) is 41.8 Å². The van der Waals surface area contributed by atoms with E-state index in [1.54, 1.807) is 48.5 Å². The van der Waals surface area contributed by atoms with E-state index in [1.165, 1.54) is 11.3 Å². The molecule has 2 heterocycles. The van der Waals surface area contributed by atoms with Crippen molar-refractivity contribution in [2.24, 2.45) is 0 Å². The van der Waals surface area contributed by atoms with E-state index in [0.29, 0.717) is 41.2 Å². The SMILES string of the molecule is Cc1ccsc1NC(=O)c1ccc(C(=O)c2ccc(NC(=O)c3ccc(N4CCOCC4)cc3)cc2)cc1. The molecule has 1 aromatic heterocycles. The number of hydrogen-bond donors (Lipinski definition) is 2. The molecule has 0 saturated carbocycles. The molecule has 2 amide bonds. The first kappa shape index (κ1) is 25.4. The summed E-state index contributed by atoms with van der Waals surface area (Å²) in [4.78, 5) is 40.4. The van der Waals surface area contributed by atoms with Crippen molar-refractivity contribution >= 4 is 45.3 Å². The maximum absolute atomic E-state index is 12.9. The number of hydrogen-bond acceptors (Lipinski definition) is 6. The zero-order valence-corrected chi connectivity index (χ0v) is 21.7. The number of thiophene rings is 1. The van der Waals surface area contributed by atoms with Crippen molar-refractivity contribution < 1.29 is 19.1 Å². The third kappa shape index (κ3) is 5.82. The highest BCUT2D eigenvalue weighted by atomic mass is 32.1. The van der Waals surface area contributed by atoms with Gasteiger partial charge in [0.15, 0.2) is 5.78 Å². The van der Waals surface area contributed by atoms with Gasteiger partial charge in [0.1, 0.15) is 0 Å². The number of nitrogens with zero attached hydrogens (tertiary/aromatic N) is 1. The van der Waals surface area contributed by atoms with Crippen LogP contribution < -0.4 is 15.5 Å². The Bertz CT molecular complexity index is 1440. The zero-order valence-electron chi connectivity index (χ0n) is 20.9. The maximum Gasteiger partial charge on any atom is 0.256 e. The van der Waals surface area contributed by atoms with Crippen LogP contribution in [0, 0.1) is 6.92 Å². The fourth-order valence-electron chi connectivity index (χ4n) is 4.17. The summed E-state index contributed by atoms with van der Waals surface area (Å²) in [6.07, 6.45) is 0. The van der Waals surface area contributed by atoms with Crippen molar-refractivity contribution in [3.05, 3.63) is 112 Å². The molecule has 0 aliphatic carbocycles. The number of amides is 2. The Morgan fingerprint density at radius 3 is 1.82 bits per heavy atom. The van der Waals surface area contributed by atoms with Gasteiger partial charge in [0.2, 0.25) is 0 Å². The highest BCUT2D eigenvalue weighted by Gasteiger charge is 2.14. The van der Waals surface area contributed by atoms with Crippen molar-refractivity contribution in [1.29, 1.82) is 0 Å². The summed E-state index contributed by atoms with van der Waals surface area (Å²) in [5.74, 6) is -0.600. The molecule has 4 aromatic rings. The van der Waals surface area contributed by atoms with Crippen LogP contribution in [0.4, 0.5) is 16.4 Å². The number of aryl methyl sites for hydroxylation is 1. The van der Waals surface area contributed by atoms with Crippen molar-refractivity contribution in [3.63, 3.8) is 0 Å². The lowest BCUT2D eigenvalue weighted by atomic mass is 10.0. The van der Waals surface area contributed by atoms with Gasteiger partial charge in [0, 0.05) is 46.7 Å². The zero-order chi connectivity index (χ0) is 26.5. The van der Waals surface area contributed by atoms with Gasteiger partial charge in [-0.05, 0) is 84.6 Å². The maximum atomic E-state index is 12.9. The van der Waals surface area contributed by atoms with Gasteiger partial charge >= 0.3 is 0 Å². The first-order chi connectivity index (χ1) is 18.5. The summed E-state index contributed by atoms with van der Waals surface area (Å²) in [5, 5.41) is 8.51. The summed E-state index contributed by atoms with van der Waals surface area (Å²) in [6, 6.07) is 22.8. The molecule has 1 aliphatic rings. The molecule has 0 spiro atoms. The molecular formula is C30H27N3O4S. The van der Waals surface area contributed by atoms with Crippen LogP contribution in [-0.4, -0.2) is 43.9 Å². The Hall–Kier alpha value is -4.27. The van der Waals surface area contributed by atoms with Gasteiger partial charge in [-0.3, -0.25) is 14.4 Å². The molecule has 3 aromatic carbocycles. The van der Waals surface area contributed by atoms with Crippen LogP contribution in [0.1, 0.15) is 42.2 Å². The van der Waals surface area contributed by atoms with Crippen LogP contribution in [0.15, 0.2) is 84.2 Å². The van der Waals surface area contributed by atoms with E-state index in [1.807, 2.05) is 42.6 Å². The second-order valence-electron chi connectivity index (χ2n) is 8.97. The number of benzene rings is 3. The van der Waals surface area contributed by atoms with Gasteiger partial charge in [-0.15, -0.1) is 11.3 Å². The van der Waals surface area contributed by atoms with Gasteiger partial charge < -0.3 is 20.3 Å². The van der Waals surface area contributed by atoms with Gasteiger partial charge in [-0.1, -0.05) is 12.1 Å². The molecule has 192 valence electrons. The second-order valence-corrected chi connectivity index (χ2v) is 9.89. The van der Waals surface area contributed by atoms with Gasteiger partial charge in [-0.2, -0.15) is 0 Å². The van der Waals surface area contributed by atoms with E-state index < -0.39 is 0 Å². The van der Waals surface area contributed by atoms with E-state index in [-0.39, 0.29) is 17.6 Å². The highest BCUT2D eigenvalue weighted by molar-refractivity contribution is 7.14. The van der Waals surface area contributed by atoms with Gasteiger partial charge in [-0.25, -0.2) is 0 Å². The first-order valence-corrected chi connectivity index (χ1v) is 13.2. The van der Waals surface area contributed by atoms with Crippen LogP contribution in [-0.2, 0) is 4.74 Å². The monoisotopic (exact) mass is 525 g/mol. The van der Waals surface area contributed by atoms with Gasteiger partial charge in [0.05, 0.1) is 18.2 Å². The lowest BCUT2D eigenvalue weighted by Crippen LogP contribution is -2.36. The molecule has 8 heteroatoms. The number of morpholine rings is 1. The van der Waals surface area contributed by atoms with E-state index in [9.17, 15) is 14.4 Å². The minimum Gasteiger partial charge on any atom is -0.378 e.